The van der Waals surface area contributed by atoms with Crippen LogP contribution in [0.1, 0.15) is 5.56 Å². The third-order valence-corrected chi connectivity index (χ3v) is 4.22. The molecule has 0 aliphatic heterocycles. The minimum atomic E-state index is 0.343. The maximum Gasteiger partial charge on any atom is 0.216 e. The lowest BCUT2D eigenvalue weighted by Crippen LogP contribution is -1.97. The molecule has 122 valence electrons. The Hall–Kier alpha value is -2.15. The smallest absolute Gasteiger partial charge is 0.216 e. The van der Waals surface area contributed by atoms with Crippen LogP contribution in [-0.2, 0) is 0 Å². The molecular weight excluding hydrogens is 367 g/mol. The highest BCUT2D eigenvalue weighted by molar-refractivity contribution is 7.71. The Morgan fingerprint density at radius 1 is 1.17 bits per heavy atom. The van der Waals surface area contributed by atoms with Gasteiger partial charge in [-0.25, -0.2) is 5.10 Å². The molecule has 5 nitrogen and oxygen atoms in total. The minimum absolute atomic E-state index is 0.343. The fraction of sp³-hybridized carbons (Fsp3) is 0.0625. The fourth-order valence-corrected chi connectivity index (χ4v) is 2.83. The first-order valence-corrected chi connectivity index (χ1v) is 8.07. The Balaban J connectivity index is 2.09. The fourth-order valence-electron chi connectivity index (χ4n) is 2.15. The van der Waals surface area contributed by atoms with Crippen LogP contribution in [0.5, 0.6) is 5.75 Å². The lowest BCUT2D eigenvalue weighted by molar-refractivity contribution is 0.416. The molecule has 3 rings (SSSR count). The SMILES string of the molecule is COc1ccccc1-c1n[nH]c(=S)n1N=Cc1c(Cl)cccc1Cl. The van der Waals surface area contributed by atoms with E-state index in [1.165, 1.54) is 4.68 Å². The van der Waals surface area contributed by atoms with Crippen molar-refractivity contribution in [3.63, 3.8) is 0 Å². The van der Waals surface area contributed by atoms with E-state index in [2.05, 4.69) is 15.3 Å². The van der Waals surface area contributed by atoms with Gasteiger partial charge in [-0.2, -0.15) is 14.9 Å². The molecule has 1 aromatic heterocycles. The van der Waals surface area contributed by atoms with Gasteiger partial charge in [0.25, 0.3) is 0 Å². The number of rotatable bonds is 4. The number of hydrogen-bond donors (Lipinski definition) is 1. The number of aromatic nitrogens is 3. The molecule has 0 aliphatic rings. The van der Waals surface area contributed by atoms with Crippen LogP contribution in [0.4, 0.5) is 0 Å². The lowest BCUT2D eigenvalue weighted by Gasteiger charge is -2.07. The number of hydrogen-bond acceptors (Lipinski definition) is 4. The van der Waals surface area contributed by atoms with Crippen molar-refractivity contribution in [2.24, 2.45) is 5.10 Å². The quantitative estimate of drug-likeness (QED) is 0.523. The topological polar surface area (TPSA) is 55.2 Å². The molecule has 3 aromatic rings. The van der Waals surface area contributed by atoms with Crippen LogP contribution in [-0.4, -0.2) is 28.2 Å². The average Bonchev–Trinajstić information content (AvgIpc) is 2.95. The van der Waals surface area contributed by atoms with E-state index in [1.54, 1.807) is 31.5 Å². The molecule has 0 amide bonds. The van der Waals surface area contributed by atoms with Gasteiger partial charge in [-0.15, -0.1) is 0 Å². The highest BCUT2D eigenvalue weighted by Gasteiger charge is 2.13. The van der Waals surface area contributed by atoms with Crippen molar-refractivity contribution < 1.29 is 4.74 Å². The summed E-state index contributed by atoms with van der Waals surface area (Å²) in [6.45, 7) is 0. The van der Waals surface area contributed by atoms with Crippen LogP contribution in [0.3, 0.4) is 0 Å². The Morgan fingerprint density at radius 2 is 1.88 bits per heavy atom. The summed E-state index contributed by atoms with van der Waals surface area (Å²) in [5, 5.41) is 12.3. The van der Waals surface area contributed by atoms with Gasteiger partial charge in [0, 0.05) is 5.56 Å². The van der Waals surface area contributed by atoms with E-state index < -0.39 is 0 Å². The molecule has 0 radical (unpaired) electrons. The van der Waals surface area contributed by atoms with Gasteiger partial charge in [0.2, 0.25) is 4.77 Å². The normalized spacial score (nSPS) is 11.1. The second-order valence-corrected chi connectivity index (χ2v) is 5.95. The van der Waals surface area contributed by atoms with Crippen molar-refractivity contribution >= 4 is 41.6 Å². The third-order valence-electron chi connectivity index (χ3n) is 3.30. The predicted octanol–water partition coefficient (Wildman–Crippen LogP) is 4.81. The van der Waals surface area contributed by atoms with Crippen LogP contribution in [0.15, 0.2) is 47.6 Å². The predicted molar refractivity (Wildman–Crippen MR) is 98.9 cm³/mol. The van der Waals surface area contributed by atoms with Crippen molar-refractivity contribution in [2.45, 2.75) is 0 Å². The van der Waals surface area contributed by atoms with Gasteiger partial charge in [0.1, 0.15) is 5.75 Å². The Morgan fingerprint density at radius 3 is 2.58 bits per heavy atom. The third kappa shape index (κ3) is 3.21. The summed E-state index contributed by atoms with van der Waals surface area (Å²) in [5.74, 6) is 1.19. The molecule has 0 fully saturated rings. The molecule has 0 atom stereocenters. The molecule has 0 unspecified atom stereocenters. The van der Waals surface area contributed by atoms with Crippen molar-refractivity contribution in [2.75, 3.05) is 7.11 Å². The first-order valence-electron chi connectivity index (χ1n) is 6.91. The Kier molecular flexibility index (Phi) is 4.99. The van der Waals surface area contributed by atoms with Crippen LogP contribution in [0.25, 0.3) is 11.4 Å². The van der Waals surface area contributed by atoms with E-state index in [4.69, 9.17) is 40.2 Å². The molecule has 24 heavy (non-hydrogen) atoms. The number of ether oxygens (including phenoxy) is 1. The van der Waals surface area contributed by atoms with E-state index >= 15 is 0 Å². The van der Waals surface area contributed by atoms with Crippen LogP contribution in [0.2, 0.25) is 10.0 Å². The number of benzene rings is 2. The number of para-hydroxylation sites is 1. The van der Waals surface area contributed by atoms with Crippen LogP contribution in [0, 0.1) is 4.77 Å². The second kappa shape index (κ2) is 7.17. The van der Waals surface area contributed by atoms with E-state index in [0.29, 0.717) is 32.0 Å². The van der Waals surface area contributed by atoms with E-state index in [9.17, 15) is 0 Å². The minimum Gasteiger partial charge on any atom is -0.496 e. The van der Waals surface area contributed by atoms with Crippen LogP contribution >= 0.6 is 35.4 Å². The van der Waals surface area contributed by atoms with E-state index in [1.807, 2.05) is 24.3 Å². The van der Waals surface area contributed by atoms with Crippen molar-refractivity contribution in [3.05, 3.63) is 62.8 Å². The highest BCUT2D eigenvalue weighted by Crippen LogP contribution is 2.28. The summed E-state index contributed by atoms with van der Waals surface area (Å²) in [7, 11) is 1.59. The number of H-pyrrole nitrogens is 1. The van der Waals surface area contributed by atoms with E-state index in [0.717, 1.165) is 5.56 Å². The second-order valence-electron chi connectivity index (χ2n) is 4.74. The molecule has 0 bridgehead atoms. The molecular formula is C16H12Cl2N4OS. The summed E-state index contributed by atoms with van der Waals surface area (Å²) >= 11 is 17.6. The highest BCUT2D eigenvalue weighted by atomic mass is 35.5. The van der Waals surface area contributed by atoms with Gasteiger partial charge >= 0.3 is 0 Å². The largest absolute Gasteiger partial charge is 0.496 e. The zero-order valence-corrected chi connectivity index (χ0v) is 14.9. The lowest BCUT2D eigenvalue weighted by atomic mass is 10.2. The Bertz CT molecular complexity index is 944. The van der Waals surface area contributed by atoms with Gasteiger partial charge in [-0.3, -0.25) is 0 Å². The van der Waals surface area contributed by atoms with Crippen molar-refractivity contribution in [1.29, 1.82) is 0 Å². The monoisotopic (exact) mass is 378 g/mol. The Labute approximate surface area is 153 Å². The van der Waals surface area contributed by atoms with Crippen LogP contribution < -0.4 is 4.74 Å². The molecule has 1 heterocycles. The maximum absolute atomic E-state index is 6.16. The molecule has 2 aromatic carbocycles. The number of nitrogens with one attached hydrogen (secondary N) is 1. The molecule has 0 saturated heterocycles. The van der Waals surface area contributed by atoms with Gasteiger partial charge in [-0.1, -0.05) is 41.4 Å². The number of aromatic amines is 1. The zero-order chi connectivity index (χ0) is 17.1. The van der Waals surface area contributed by atoms with Gasteiger partial charge in [0.15, 0.2) is 5.82 Å². The molecule has 1 N–H and O–H groups in total. The first kappa shape index (κ1) is 16.7. The summed E-state index contributed by atoms with van der Waals surface area (Å²) in [5.41, 5.74) is 1.37. The first-order chi connectivity index (χ1) is 11.6. The van der Waals surface area contributed by atoms with Gasteiger partial charge in [-0.05, 0) is 36.5 Å². The number of methoxy groups -OCH3 is 1. The maximum atomic E-state index is 6.16. The van der Waals surface area contributed by atoms with Crippen molar-refractivity contribution in [3.8, 4) is 17.1 Å². The average molecular weight is 379 g/mol. The van der Waals surface area contributed by atoms with Gasteiger partial charge in [0.05, 0.1) is 28.9 Å². The molecule has 0 spiro atoms. The summed E-state index contributed by atoms with van der Waals surface area (Å²) in [6, 6.07) is 12.7. The number of halogens is 2. The number of nitrogens with zero attached hydrogens (tertiary/aromatic N) is 3. The summed E-state index contributed by atoms with van der Waals surface area (Å²) in [6.07, 6.45) is 1.55. The molecule has 0 aliphatic carbocycles. The molecule has 8 heteroatoms. The van der Waals surface area contributed by atoms with Gasteiger partial charge < -0.3 is 4.74 Å². The molecule has 0 saturated carbocycles. The van der Waals surface area contributed by atoms with Crippen molar-refractivity contribution in [1.82, 2.24) is 14.9 Å². The van der Waals surface area contributed by atoms with E-state index in [-0.39, 0.29) is 0 Å². The zero-order valence-electron chi connectivity index (χ0n) is 12.5. The summed E-state index contributed by atoms with van der Waals surface area (Å²) < 4.78 is 7.21. The standard InChI is InChI=1S/C16H12Cl2N4OS/c1-23-14-8-3-2-5-10(14)15-20-21-16(24)22(15)19-9-11-12(17)6-4-7-13(11)18/h2-9H,1H3,(H,21,24). The summed E-state index contributed by atoms with van der Waals surface area (Å²) in [4.78, 5) is 0.